The van der Waals surface area contributed by atoms with Crippen LogP contribution in [0.25, 0.3) is 5.53 Å². The van der Waals surface area contributed by atoms with E-state index < -0.39 is 0 Å². The SMILES string of the molecule is I.N.[Kr].[N-]=[N+]=O.[Ne]. The van der Waals surface area contributed by atoms with Crippen LogP contribution in [0.3, 0.4) is 0 Å². The predicted octanol–water partition coefficient (Wildman–Crippen LogP) is 0.622. The number of nitroso groups, excluding NO2 is 1. The minimum atomic E-state index is 0. The number of halogens is 1. The van der Waals surface area contributed by atoms with Gasteiger partial charge in [-0.1, -0.05) is 0 Å². The number of hydrogen-bond donors (Lipinski definition) is 1. The smallest absolute Gasteiger partial charge is 0.151 e. The van der Waals surface area contributed by atoms with E-state index in [0.717, 1.165) is 0 Å². The number of rotatable bonds is 0. The van der Waals surface area contributed by atoms with Gasteiger partial charge >= 0.3 is 0 Å². The minimum absolute atomic E-state index is 0. The van der Waals surface area contributed by atoms with Gasteiger partial charge in [0, 0.05) is 51.6 Å². The monoisotopic (exact) mass is 293 g/mol. The van der Waals surface area contributed by atoms with E-state index in [1.54, 1.807) is 0 Å². The van der Waals surface area contributed by atoms with E-state index in [1.165, 1.54) is 4.97 Å². The van der Waals surface area contributed by atoms with E-state index in [0.29, 0.717) is 0 Å². The zero-order valence-corrected chi connectivity index (χ0v) is 6.94. The van der Waals surface area contributed by atoms with Crippen molar-refractivity contribution < 1.29 is 51.6 Å². The second-order valence-corrected chi connectivity index (χ2v) is 0.0816. The molecule has 0 spiro atoms. The minimum Gasteiger partial charge on any atom is -0.344 e. The van der Waals surface area contributed by atoms with Crippen LogP contribution in [-0.4, -0.2) is 0 Å². The molecule has 7 heteroatoms. The molecule has 0 bridgehead atoms. The summed E-state index contributed by atoms with van der Waals surface area (Å²) in [5, 5.41) is 0. The van der Waals surface area contributed by atoms with Gasteiger partial charge in [0.1, 0.15) is 4.97 Å². The van der Waals surface area contributed by atoms with Crippen molar-refractivity contribution in [2.45, 2.75) is 0 Å². The molecule has 0 heterocycles. The number of hydrogen-bond acceptors (Lipinski definition) is 2. The maximum Gasteiger partial charge on any atom is 0.151 e. The first-order chi connectivity index (χ1) is 1.41. The molecule has 0 aliphatic rings. The molecule has 48 valence electrons. The fraction of sp³-hybridized carbons (Fsp3) is 0. The molecule has 0 atom stereocenters. The Morgan fingerprint density at radius 1 is 1.43 bits per heavy atom. The fourth-order valence-corrected chi connectivity index (χ4v) is 0. The van der Waals surface area contributed by atoms with Crippen molar-refractivity contribution in [3.8, 4) is 0 Å². The van der Waals surface area contributed by atoms with Crippen molar-refractivity contribution in [2.24, 2.45) is 0 Å². The van der Waals surface area contributed by atoms with Crippen molar-refractivity contribution >= 4 is 24.0 Å². The molecule has 0 fully saturated rings. The first-order valence-corrected chi connectivity index (χ1v) is 0.383. The van der Waals surface area contributed by atoms with E-state index in [4.69, 9.17) is 10.4 Å². The molecule has 0 aliphatic carbocycles. The molecular weight excluding hydrogens is 289 g/mol. The van der Waals surface area contributed by atoms with Crippen LogP contribution in [0.15, 0.2) is 0 Å². The summed E-state index contributed by atoms with van der Waals surface area (Å²) in [7, 11) is 0. The molecule has 0 rings (SSSR count). The summed E-state index contributed by atoms with van der Waals surface area (Å²) in [4.78, 5) is 9.36. The molecule has 0 unspecified atom stereocenters. The van der Waals surface area contributed by atoms with Crippen molar-refractivity contribution in [2.75, 3.05) is 0 Å². The number of nitrogens with zero attached hydrogens (tertiary/aromatic N) is 2. The Labute approximate surface area is 95.6 Å². The Morgan fingerprint density at radius 3 is 1.43 bits per heavy atom. The zero-order chi connectivity index (χ0) is 2.71. The predicted molar refractivity (Wildman–Crippen MR) is 29.3 cm³/mol. The molecule has 0 aromatic rings. The zero-order valence-electron chi connectivity index (χ0n) is 3.13. The molecule has 0 amide bonds. The van der Waals surface area contributed by atoms with Crippen molar-refractivity contribution in [3.63, 3.8) is 0 Å². The van der Waals surface area contributed by atoms with Gasteiger partial charge in [-0.05, 0) is 0 Å². The van der Waals surface area contributed by atoms with Gasteiger partial charge in [-0.25, -0.2) is 0 Å². The molecule has 4 nitrogen and oxygen atoms in total. The maximum atomic E-state index is 8.11. The van der Waals surface area contributed by atoms with E-state index in [9.17, 15) is 0 Å². The van der Waals surface area contributed by atoms with Crippen LogP contribution in [0.2, 0.25) is 0 Å². The largest absolute Gasteiger partial charge is 0.344 e. The Bertz CT molecular complexity index is 35.9. The van der Waals surface area contributed by atoms with Crippen molar-refractivity contribution in [1.82, 2.24) is 11.1 Å². The Morgan fingerprint density at radius 2 is 1.43 bits per heavy atom. The summed E-state index contributed by atoms with van der Waals surface area (Å²) in [6.07, 6.45) is 0. The normalized spacial score (nSPS) is 1.14. The summed E-state index contributed by atoms with van der Waals surface area (Å²) in [5.74, 6) is 0. The Hall–Kier alpha value is 1.39. The van der Waals surface area contributed by atoms with Crippen LogP contribution in [-0.2, 0) is 0 Å². The molecule has 7 heavy (non-hydrogen) atoms. The van der Waals surface area contributed by atoms with Gasteiger partial charge in [-0.3, -0.25) is 5.53 Å². The summed E-state index contributed by atoms with van der Waals surface area (Å²) >= 11 is 0. The first kappa shape index (κ1) is 39.9. The van der Waals surface area contributed by atoms with Crippen LogP contribution in [0.1, 0.15) is 0 Å². The summed E-state index contributed by atoms with van der Waals surface area (Å²) < 4.78 is 0. The first-order valence-electron chi connectivity index (χ1n) is 0.383. The third-order valence-electron chi connectivity index (χ3n) is 0. The molecule has 3 N–H and O–H groups in total. The Kier molecular flexibility index (Phi) is 301. The maximum absolute atomic E-state index is 8.11. The summed E-state index contributed by atoms with van der Waals surface area (Å²) in [5.41, 5.74) is 6.64. The van der Waals surface area contributed by atoms with Crippen LogP contribution in [0, 0.1) is 56.5 Å². The molecule has 0 saturated heterocycles. The summed E-state index contributed by atoms with van der Waals surface area (Å²) in [6, 6.07) is 0. The van der Waals surface area contributed by atoms with Gasteiger partial charge in [-0.2, -0.15) is 0 Å². The van der Waals surface area contributed by atoms with E-state index in [-0.39, 0.29) is 81.8 Å². The molecule has 0 aliphatic heterocycles. The quantitative estimate of drug-likeness (QED) is 0.403. The van der Waals surface area contributed by atoms with Crippen LogP contribution in [0.5, 0.6) is 0 Å². The van der Waals surface area contributed by atoms with Crippen molar-refractivity contribution in [1.29, 1.82) is 0 Å². The van der Waals surface area contributed by atoms with Gasteiger partial charge in [-0.15, -0.1) is 24.0 Å². The average Bonchev–Trinajstić information content (AvgIpc) is 0.918. The van der Waals surface area contributed by atoms with Crippen LogP contribution in [0.4, 0.5) is 0 Å². The third-order valence-corrected chi connectivity index (χ3v) is 0. The molecule has 0 saturated carbocycles. The standard InChI is InChI=1S/HI.Kr.N2O.H3N.Ne/c;;1-2-3;;/h1H;;;1H3;. The van der Waals surface area contributed by atoms with Gasteiger partial charge in [0.05, 0.1) is 0 Å². The van der Waals surface area contributed by atoms with Gasteiger partial charge < -0.3 is 6.15 Å². The van der Waals surface area contributed by atoms with Gasteiger partial charge in [0.15, 0.2) is 4.91 Å². The van der Waals surface area contributed by atoms with E-state index in [1.807, 2.05) is 0 Å². The van der Waals surface area contributed by atoms with Crippen molar-refractivity contribution in [3.05, 3.63) is 10.4 Å². The van der Waals surface area contributed by atoms with Crippen LogP contribution >= 0.6 is 24.0 Å². The van der Waals surface area contributed by atoms with Gasteiger partial charge in [0.25, 0.3) is 0 Å². The fourth-order valence-electron chi connectivity index (χ4n) is 0. The molecular formula is H4IKrN3NeO. The van der Waals surface area contributed by atoms with E-state index >= 15 is 0 Å². The Balaban J connectivity index is -0.00000000333. The molecule has 0 aromatic heterocycles. The van der Waals surface area contributed by atoms with Gasteiger partial charge in [0.2, 0.25) is 0 Å². The molecule has 0 radical (unpaired) electrons. The second kappa shape index (κ2) is 52.8. The molecule has 0 aromatic carbocycles. The third kappa shape index (κ3) is 111. The summed E-state index contributed by atoms with van der Waals surface area (Å²) in [6.45, 7) is 0. The topological polar surface area (TPSA) is 88.5 Å². The van der Waals surface area contributed by atoms with E-state index in [2.05, 4.69) is 0 Å². The average molecular weight is 293 g/mol. The second-order valence-electron chi connectivity index (χ2n) is 0.0816. The van der Waals surface area contributed by atoms with Crippen LogP contribution < -0.4 is 11.1 Å².